The second kappa shape index (κ2) is 5.57. The molecule has 102 valence electrons. The summed E-state index contributed by atoms with van der Waals surface area (Å²) >= 11 is 5.84. The van der Waals surface area contributed by atoms with Gasteiger partial charge in [0.1, 0.15) is 5.82 Å². The van der Waals surface area contributed by atoms with Gasteiger partial charge in [-0.15, -0.1) is 0 Å². The summed E-state index contributed by atoms with van der Waals surface area (Å²) in [6, 6.07) is 3.57. The van der Waals surface area contributed by atoms with E-state index in [4.69, 9.17) is 16.7 Å². The Hall–Kier alpha value is -1.62. The van der Waals surface area contributed by atoms with E-state index in [-0.39, 0.29) is 23.0 Å². The van der Waals surface area contributed by atoms with Crippen LogP contribution in [0, 0.1) is 11.7 Å². The van der Waals surface area contributed by atoms with Gasteiger partial charge in [-0.1, -0.05) is 11.6 Å². The summed E-state index contributed by atoms with van der Waals surface area (Å²) in [5.41, 5.74) is 0.203. The summed E-state index contributed by atoms with van der Waals surface area (Å²) in [5.74, 6) is -2.31. The van der Waals surface area contributed by atoms with Gasteiger partial charge in [0.05, 0.1) is 16.5 Å². The maximum Gasteiger partial charge on any atom is 0.308 e. The quantitative estimate of drug-likeness (QED) is 0.908. The average molecular weight is 286 g/mol. The molecule has 1 N–H and O–H groups in total. The van der Waals surface area contributed by atoms with Crippen molar-refractivity contribution in [3.05, 3.63) is 34.6 Å². The number of likely N-dealkylation sites (tertiary alicyclic amines) is 1. The van der Waals surface area contributed by atoms with Crippen LogP contribution in [0.2, 0.25) is 5.02 Å². The first-order valence-corrected chi connectivity index (χ1v) is 6.34. The molecule has 1 amide bonds. The van der Waals surface area contributed by atoms with Crippen molar-refractivity contribution in [1.29, 1.82) is 0 Å². The molecule has 0 radical (unpaired) electrons. The molecule has 6 heteroatoms. The van der Waals surface area contributed by atoms with Crippen LogP contribution in [0.3, 0.4) is 0 Å². The van der Waals surface area contributed by atoms with Gasteiger partial charge in [0.25, 0.3) is 5.91 Å². The molecule has 0 spiro atoms. The number of hydrogen-bond acceptors (Lipinski definition) is 2. The van der Waals surface area contributed by atoms with Crippen LogP contribution in [0.1, 0.15) is 23.2 Å². The SMILES string of the molecule is O=C(O)C1CCCN(C(=O)c2ccc(F)cc2Cl)C1. The molecule has 1 atom stereocenters. The third kappa shape index (κ3) is 3.04. The van der Waals surface area contributed by atoms with E-state index in [0.29, 0.717) is 19.4 Å². The standard InChI is InChI=1S/C13H13ClFNO3/c14-11-6-9(15)3-4-10(11)12(17)16-5-1-2-8(7-16)13(18)19/h3-4,6,8H,1-2,5,7H2,(H,18,19). The molecule has 1 aromatic carbocycles. The normalized spacial score (nSPS) is 19.3. The highest BCUT2D eigenvalue weighted by molar-refractivity contribution is 6.33. The number of hydrogen-bond donors (Lipinski definition) is 1. The molecule has 1 aliphatic rings. The largest absolute Gasteiger partial charge is 0.481 e. The van der Waals surface area contributed by atoms with Crippen LogP contribution in [0.5, 0.6) is 0 Å². The summed E-state index contributed by atoms with van der Waals surface area (Å²) < 4.78 is 12.9. The molecule has 1 aromatic rings. The summed E-state index contributed by atoms with van der Waals surface area (Å²) in [4.78, 5) is 24.6. The molecule has 19 heavy (non-hydrogen) atoms. The Morgan fingerprint density at radius 1 is 1.42 bits per heavy atom. The Balaban J connectivity index is 2.17. The second-order valence-corrected chi connectivity index (χ2v) is 4.96. The van der Waals surface area contributed by atoms with Gasteiger partial charge in [0.15, 0.2) is 0 Å². The molecular formula is C13H13ClFNO3. The Bertz CT molecular complexity index is 521. The van der Waals surface area contributed by atoms with E-state index in [0.717, 1.165) is 12.1 Å². The molecule has 4 nitrogen and oxygen atoms in total. The zero-order valence-corrected chi connectivity index (χ0v) is 10.9. The van der Waals surface area contributed by atoms with Gasteiger partial charge in [-0.25, -0.2) is 4.39 Å². The number of piperidine rings is 1. The first-order valence-electron chi connectivity index (χ1n) is 5.96. The van der Waals surface area contributed by atoms with E-state index in [2.05, 4.69) is 0 Å². The summed E-state index contributed by atoms with van der Waals surface area (Å²) in [7, 11) is 0. The van der Waals surface area contributed by atoms with Crippen LogP contribution >= 0.6 is 11.6 Å². The number of benzene rings is 1. The van der Waals surface area contributed by atoms with Crippen LogP contribution in [0.15, 0.2) is 18.2 Å². The van der Waals surface area contributed by atoms with Gasteiger partial charge in [-0.05, 0) is 31.0 Å². The minimum atomic E-state index is -0.900. The highest BCUT2D eigenvalue weighted by Gasteiger charge is 2.29. The van der Waals surface area contributed by atoms with Crippen molar-refractivity contribution in [3.63, 3.8) is 0 Å². The van der Waals surface area contributed by atoms with E-state index in [9.17, 15) is 14.0 Å². The highest BCUT2D eigenvalue weighted by atomic mass is 35.5. The lowest BCUT2D eigenvalue weighted by atomic mass is 9.97. The minimum Gasteiger partial charge on any atom is -0.481 e. The van der Waals surface area contributed by atoms with Crippen LogP contribution in [-0.4, -0.2) is 35.0 Å². The predicted molar refractivity (Wildman–Crippen MR) is 67.7 cm³/mol. The third-order valence-corrected chi connectivity index (χ3v) is 3.53. The molecule has 0 bridgehead atoms. The molecule has 0 aliphatic carbocycles. The molecular weight excluding hydrogens is 273 g/mol. The van der Waals surface area contributed by atoms with E-state index < -0.39 is 17.7 Å². The second-order valence-electron chi connectivity index (χ2n) is 4.55. The Morgan fingerprint density at radius 3 is 2.79 bits per heavy atom. The fraction of sp³-hybridized carbons (Fsp3) is 0.385. The van der Waals surface area contributed by atoms with Gasteiger partial charge in [0.2, 0.25) is 0 Å². The fourth-order valence-electron chi connectivity index (χ4n) is 2.20. The van der Waals surface area contributed by atoms with Crippen molar-refractivity contribution in [2.45, 2.75) is 12.8 Å². The Kier molecular flexibility index (Phi) is 4.04. The van der Waals surface area contributed by atoms with Gasteiger partial charge in [-0.3, -0.25) is 9.59 Å². The molecule has 1 fully saturated rings. The lowest BCUT2D eigenvalue weighted by molar-refractivity contribution is -0.143. The molecule has 1 unspecified atom stereocenters. The molecule has 1 heterocycles. The number of amides is 1. The number of carbonyl (C=O) groups excluding carboxylic acids is 1. The first-order chi connectivity index (χ1) is 8.99. The topological polar surface area (TPSA) is 57.6 Å². The summed E-state index contributed by atoms with van der Waals surface area (Å²) in [6.07, 6.45) is 1.21. The summed E-state index contributed by atoms with van der Waals surface area (Å²) in [5, 5.41) is 9.03. The number of nitrogens with zero attached hydrogens (tertiary/aromatic N) is 1. The third-order valence-electron chi connectivity index (χ3n) is 3.22. The van der Waals surface area contributed by atoms with Crippen LogP contribution in [0.25, 0.3) is 0 Å². The highest BCUT2D eigenvalue weighted by Crippen LogP contribution is 2.23. The lowest BCUT2D eigenvalue weighted by Gasteiger charge is -2.31. The van der Waals surface area contributed by atoms with Gasteiger partial charge >= 0.3 is 5.97 Å². The number of aliphatic carboxylic acids is 1. The van der Waals surface area contributed by atoms with Gasteiger partial charge < -0.3 is 10.0 Å². The van der Waals surface area contributed by atoms with Gasteiger partial charge in [0, 0.05) is 13.1 Å². The monoisotopic (exact) mass is 285 g/mol. The fourth-order valence-corrected chi connectivity index (χ4v) is 2.44. The van der Waals surface area contributed by atoms with Crippen molar-refractivity contribution in [1.82, 2.24) is 4.90 Å². The molecule has 0 aromatic heterocycles. The number of rotatable bonds is 2. The van der Waals surface area contributed by atoms with Crippen molar-refractivity contribution >= 4 is 23.5 Å². The van der Waals surface area contributed by atoms with Crippen molar-refractivity contribution in [3.8, 4) is 0 Å². The molecule has 1 saturated heterocycles. The number of carboxylic acids is 1. The predicted octanol–water partition coefficient (Wildman–Crippen LogP) is 2.42. The molecule has 1 aliphatic heterocycles. The average Bonchev–Trinajstić information content (AvgIpc) is 2.38. The van der Waals surface area contributed by atoms with Crippen LogP contribution < -0.4 is 0 Å². The lowest BCUT2D eigenvalue weighted by Crippen LogP contribution is -2.42. The van der Waals surface area contributed by atoms with E-state index in [1.807, 2.05) is 0 Å². The Morgan fingerprint density at radius 2 is 2.16 bits per heavy atom. The summed E-state index contributed by atoms with van der Waals surface area (Å²) in [6.45, 7) is 0.665. The number of halogens is 2. The maximum absolute atomic E-state index is 12.9. The van der Waals surface area contributed by atoms with Crippen LogP contribution in [0.4, 0.5) is 4.39 Å². The van der Waals surface area contributed by atoms with Crippen molar-refractivity contribution in [2.75, 3.05) is 13.1 Å². The minimum absolute atomic E-state index is 0.0439. The van der Waals surface area contributed by atoms with E-state index in [1.165, 1.54) is 11.0 Å². The molecule has 2 rings (SSSR count). The zero-order chi connectivity index (χ0) is 14.0. The number of carboxylic acid groups (broad SMARTS) is 1. The Labute approximate surface area is 114 Å². The zero-order valence-electron chi connectivity index (χ0n) is 10.1. The first kappa shape index (κ1) is 13.8. The maximum atomic E-state index is 12.9. The smallest absolute Gasteiger partial charge is 0.308 e. The van der Waals surface area contributed by atoms with Crippen molar-refractivity contribution in [2.24, 2.45) is 5.92 Å². The number of carbonyl (C=O) groups is 2. The van der Waals surface area contributed by atoms with E-state index in [1.54, 1.807) is 0 Å². The van der Waals surface area contributed by atoms with Crippen molar-refractivity contribution < 1.29 is 19.1 Å². The van der Waals surface area contributed by atoms with Gasteiger partial charge in [-0.2, -0.15) is 0 Å². The van der Waals surface area contributed by atoms with E-state index >= 15 is 0 Å². The van der Waals surface area contributed by atoms with Crippen LogP contribution in [-0.2, 0) is 4.79 Å². The molecule has 0 saturated carbocycles.